The highest BCUT2D eigenvalue weighted by atomic mass is 35.5. The van der Waals surface area contributed by atoms with Gasteiger partial charge in [-0.1, -0.05) is 35.6 Å². The zero-order chi connectivity index (χ0) is 10.2. The molecule has 0 atom stereocenters. The van der Waals surface area contributed by atoms with Crippen LogP contribution in [0.15, 0.2) is 24.3 Å². The third kappa shape index (κ3) is 4.53. The van der Waals surface area contributed by atoms with Gasteiger partial charge in [0.25, 0.3) is 0 Å². The molecule has 74 valence electrons. The van der Waals surface area contributed by atoms with Crippen molar-refractivity contribution in [3.8, 4) is 5.75 Å². The summed E-state index contributed by atoms with van der Waals surface area (Å²) in [5, 5.41) is 0. The standard InChI is InChI=1S/C11H15O.ClH.Mg/c1-3-4-8-12-11-7-5-6-10(2)9-11;;/h5-7,9H,2-4,8H2,1H3;1H;/q;;+1/p-1. The Morgan fingerprint density at radius 1 is 1.43 bits per heavy atom. The minimum Gasteiger partial charge on any atom is -0.494 e. The SMILES string of the molecule is CCCCOc1cccc([CH2][Mg][Cl])c1. The van der Waals surface area contributed by atoms with Gasteiger partial charge in [-0.25, -0.2) is 0 Å². The van der Waals surface area contributed by atoms with Crippen LogP contribution in [0, 0.1) is 0 Å². The van der Waals surface area contributed by atoms with Crippen LogP contribution in [-0.4, -0.2) is 25.9 Å². The highest BCUT2D eigenvalue weighted by Gasteiger charge is 1.98. The van der Waals surface area contributed by atoms with Gasteiger partial charge in [0.15, 0.2) is 0 Å². The van der Waals surface area contributed by atoms with Crippen LogP contribution in [-0.2, 0) is 4.55 Å². The number of rotatable bonds is 6. The first-order valence-electron chi connectivity index (χ1n) is 5.14. The lowest BCUT2D eigenvalue weighted by molar-refractivity contribution is 0.309. The molecule has 0 saturated carbocycles. The minimum atomic E-state index is -0.407. The van der Waals surface area contributed by atoms with E-state index in [-0.39, 0.29) is 0 Å². The van der Waals surface area contributed by atoms with Crippen molar-refractivity contribution in [1.82, 2.24) is 0 Å². The molecular weight excluding hydrogens is 208 g/mol. The largest absolute Gasteiger partial charge is 0.505 e. The second-order valence-electron chi connectivity index (χ2n) is 3.29. The van der Waals surface area contributed by atoms with Crippen molar-refractivity contribution in [2.24, 2.45) is 0 Å². The zero-order valence-corrected chi connectivity index (χ0v) is 10.8. The maximum absolute atomic E-state index is 5.81. The molecule has 0 saturated heterocycles. The average Bonchev–Trinajstić information content (AvgIpc) is 2.19. The van der Waals surface area contributed by atoms with Gasteiger partial charge in [0.1, 0.15) is 5.75 Å². The van der Waals surface area contributed by atoms with Gasteiger partial charge in [-0.05, 0) is 18.6 Å². The fourth-order valence-corrected chi connectivity index (χ4v) is 2.42. The van der Waals surface area contributed by atoms with Gasteiger partial charge in [0.05, 0.1) is 6.61 Å². The summed E-state index contributed by atoms with van der Waals surface area (Å²) in [7, 11) is 5.81. The molecule has 1 nitrogen and oxygen atoms in total. The van der Waals surface area contributed by atoms with Gasteiger partial charge in [-0.2, -0.15) is 0 Å². The first-order chi connectivity index (χ1) is 6.86. The van der Waals surface area contributed by atoms with E-state index in [4.69, 9.17) is 13.8 Å². The second-order valence-corrected chi connectivity index (χ2v) is 5.30. The summed E-state index contributed by atoms with van der Waals surface area (Å²) >= 11 is -0.407. The minimum absolute atomic E-state index is 0.407. The Kier molecular flexibility index (Phi) is 6.40. The summed E-state index contributed by atoms with van der Waals surface area (Å²) in [5.74, 6) is 0.982. The van der Waals surface area contributed by atoms with Gasteiger partial charge in [0.2, 0.25) is 0 Å². The lowest BCUT2D eigenvalue weighted by Gasteiger charge is -2.06. The third-order valence-electron chi connectivity index (χ3n) is 2.05. The third-order valence-corrected chi connectivity index (χ3v) is 3.38. The van der Waals surface area contributed by atoms with Gasteiger partial charge < -0.3 is 13.8 Å². The maximum Gasteiger partial charge on any atom is 0.505 e. The summed E-state index contributed by atoms with van der Waals surface area (Å²) in [6.45, 7) is 2.98. The van der Waals surface area contributed by atoms with Gasteiger partial charge in [-0.15, -0.1) is 0 Å². The fraction of sp³-hybridized carbons (Fsp3) is 0.455. The number of hydrogen-bond donors (Lipinski definition) is 0. The summed E-state index contributed by atoms with van der Waals surface area (Å²) in [5.41, 5.74) is 1.31. The van der Waals surface area contributed by atoms with E-state index in [0.717, 1.165) is 23.3 Å². The van der Waals surface area contributed by atoms with Crippen LogP contribution in [0.2, 0.25) is 0 Å². The van der Waals surface area contributed by atoms with Gasteiger partial charge >= 0.3 is 19.3 Å². The molecule has 0 unspecified atom stereocenters. The summed E-state index contributed by atoms with van der Waals surface area (Å²) in [4.78, 5) is 0. The number of halogens is 1. The Bertz CT molecular complexity index is 265. The molecule has 3 heteroatoms. The first-order valence-corrected chi connectivity index (χ1v) is 8.28. The van der Waals surface area contributed by atoms with Crippen LogP contribution in [0.1, 0.15) is 25.3 Å². The second kappa shape index (κ2) is 7.38. The van der Waals surface area contributed by atoms with E-state index >= 15 is 0 Å². The monoisotopic (exact) mass is 222 g/mol. The molecule has 1 rings (SSSR count). The van der Waals surface area contributed by atoms with E-state index < -0.39 is 19.3 Å². The molecule has 0 aliphatic heterocycles. The molecule has 14 heavy (non-hydrogen) atoms. The molecule has 0 amide bonds. The predicted octanol–water partition coefficient (Wildman–Crippen LogP) is 3.22. The van der Waals surface area contributed by atoms with Crippen LogP contribution in [0.5, 0.6) is 5.75 Å². The predicted molar refractivity (Wildman–Crippen MR) is 62.2 cm³/mol. The van der Waals surface area contributed by atoms with Crippen molar-refractivity contribution in [1.29, 1.82) is 0 Å². The summed E-state index contributed by atoms with van der Waals surface area (Å²) in [6.07, 6.45) is 2.29. The summed E-state index contributed by atoms with van der Waals surface area (Å²) in [6, 6.07) is 8.26. The lowest BCUT2D eigenvalue weighted by Crippen LogP contribution is -1.97. The van der Waals surface area contributed by atoms with E-state index in [0.29, 0.717) is 0 Å². The Hall–Kier alpha value is 0.0762. The van der Waals surface area contributed by atoms with E-state index in [1.165, 1.54) is 12.0 Å². The Labute approximate surface area is 99.3 Å². The molecule has 0 N–H and O–H groups in total. The molecule has 1 aromatic carbocycles. The maximum atomic E-state index is 5.81. The van der Waals surface area contributed by atoms with Crippen LogP contribution < -0.4 is 4.74 Å². The Balaban J connectivity index is 2.46. The van der Waals surface area contributed by atoms with E-state index in [9.17, 15) is 0 Å². The molecule has 0 radical (unpaired) electrons. The van der Waals surface area contributed by atoms with Crippen LogP contribution in [0.3, 0.4) is 0 Å². The van der Waals surface area contributed by atoms with Gasteiger partial charge in [-0.3, -0.25) is 0 Å². The van der Waals surface area contributed by atoms with Crippen molar-refractivity contribution in [3.05, 3.63) is 29.8 Å². The molecule has 0 heterocycles. The normalized spacial score (nSPS) is 9.57. The molecule has 0 aliphatic carbocycles. The van der Waals surface area contributed by atoms with E-state index in [1.54, 1.807) is 0 Å². The van der Waals surface area contributed by atoms with Gasteiger partial charge in [0, 0.05) is 0 Å². The Morgan fingerprint density at radius 3 is 3.00 bits per heavy atom. The molecule has 0 aliphatic rings. The topological polar surface area (TPSA) is 9.23 Å². The van der Waals surface area contributed by atoms with Crippen LogP contribution >= 0.6 is 9.07 Å². The molecule has 0 spiro atoms. The highest BCUT2D eigenvalue weighted by molar-refractivity contribution is 6.93. The van der Waals surface area contributed by atoms with Crippen molar-refractivity contribution < 1.29 is 4.74 Å². The number of hydrogen-bond acceptors (Lipinski definition) is 1. The van der Waals surface area contributed by atoms with E-state index in [2.05, 4.69) is 19.1 Å². The van der Waals surface area contributed by atoms with E-state index in [1.807, 2.05) is 12.1 Å². The number of ether oxygens (including phenoxy) is 1. The quantitative estimate of drug-likeness (QED) is 0.531. The summed E-state index contributed by atoms with van der Waals surface area (Å²) < 4.78 is 6.65. The molecular formula is C11H15ClMgO. The molecule has 1 aromatic rings. The number of benzene rings is 1. The average molecular weight is 223 g/mol. The van der Waals surface area contributed by atoms with Crippen LogP contribution in [0.25, 0.3) is 0 Å². The van der Waals surface area contributed by atoms with Crippen molar-refractivity contribution in [2.75, 3.05) is 6.61 Å². The smallest absolute Gasteiger partial charge is 0.494 e. The molecule has 0 bridgehead atoms. The lowest BCUT2D eigenvalue weighted by atomic mass is 10.2. The van der Waals surface area contributed by atoms with Crippen molar-refractivity contribution in [2.45, 2.75) is 24.3 Å². The van der Waals surface area contributed by atoms with Crippen LogP contribution in [0.4, 0.5) is 0 Å². The van der Waals surface area contributed by atoms with Crippen molar-refractivity contribution >= 4 is 28.3 Å². The molecule has 0 fully saturated rings. The zero-order valence-electron chi connectivity index (χ0n) is 8.63. The molecule has 0 aromatic heterocycles. The highest BCUT2D eigenvalue weighted by Crippen LogP contribution is 2.14. The van der Waals surface area contributed by atoms with Crippen molar-refractivity contribution in [3.63, 3.8) is 0 Å². The number of unbranched alkanes of at least 4 members (excludes halogenated alkanes) is 1. The fourth-order valence-electron chi connectivity index (χ4n) is 1.23. The Morgan fingerprint density at radius 2 is 2.29 bits per heavy atom. The first kappa shape index (κ1) is 12.1.